The molecule has 3 fully saturated rings. The number of carbonyl (C=O) groups excluding carboxylic acids is 4. The second kappa shape index (κ2) is 14.1. The van der Waals surface area contributed by atoms with E-state index in [4.69, 9.17) is 9.47 Å². The molecule has 0 aromatic heterocycles. The summed E-state index contributed by atoms with van der Waals surface area (Å²) in [7, 11) is 0. The molecule has 3 aliphatic heterocycles. The lowest BCUT2D eigenvalue weighted by atomic mass is 9.70. The summed E-state index contributed by atoms with van der Waals surface area (Å²) in [6, 6.07) is 21.6. The Morgan fingerprint density at radius 3 is 2.54 bits per heavy atom. The molecule has 2 bridgehead atoms. The topological polar surface area (TPSA) is 125 Å². The van der Waals surface area contributed by atoms with Crippen LogP contribution in [0.5, 0.6) is 0 Å². The first-order valence-corrected chi connectivity index (χ1v) is 16.5. The number of allylic oxidation sites excluding steroid dienone is 1. The summed E-state index contributed by atoms with van der Waals surface area (Å²) >= 11 is 0. The van der Waals surface area contributed by atoms with Gasteiger partial charge in [0.25, 0.3) is 5.91 Å². The van der Waals surface area contributed by atoms with E-state index in [1.807, 2.05) is 72.8 Å². The largest absolute Gasteiger partial charge is 0.455 e. The summed E-state index contributed by atoms with van der Waals surface area (Å²) in [6.07, 6.45) is 3.50. The van der Waals surface area contributed by atoms with Gasteiger partial charge in [-0.05, 0) is 47.7 Å². The van der Waals surface area contributed by atoms with Crippen LogP contribution < -0.4 is 10.2 Å². The van der Waals surface area contributed by atoms with E-state index < -0.39 is 47.6 Å². The van der Waals surface area contributed by atoms with E-state index in [1.165, 1.54) is 4.90 Å². The van der Waals surface area contributed by atoms with Crippen molar-refractivity contribution in [2.24, 2.45) is 11.8 Å². The molecule has 10 nitrogen and oxygen atoms in total. The zero-order chi connectivity index (χ0) is 33.8. The Labute approximate surface area is 280 Å². The Kier molecular flexibility index (Phi) is 9.75. The van der Waals surface area contributed by atoms with Crippen LogP contribution >= 0.6 is 0 Å². The van der Waals surface area contributed by atoms with Crippen molar-refractivity contribution in [3.05, 3.63) is 104 Å². The monoisotopic (exact) mass is 651 g/mol. The third kappa shape index (κ3) is 6.02. The number of benzene rings is 3. The third-order valence-corrected chi connectivity index (χ3v) is 9.76. The molecule has 48 heavy (non-hydrogen) atoms. The maximum Gasteiger partial charge on any atom is 0.313 e. The molecule has 6 atom stereocenters. The number of ether oxygens (including phenoxy) is 2. The molecule has 0 saturated carbocycles. The molecule has 3 aliphatic rings. The standard InChI is InChI=1S/C38H41N3O7/c1-3-5-15-31(43)39-24-30(26-12-7-6-8-13-26)47-37(46)32-29-18-19-38(48-29)33(32)35(44)41(21-22-42)34(38)36(45)40(20-4-2)28-17-16-25-11-9-10-14-27(25)23-28/h3-4,6-14,16-17,23,29-30,32-34,42H,1-2,5,15,18-22,24H2,(H,39,43)/t29-,30+,32+,33+,34-,38+/m0/s1. The number of anilines is 1. The van der Waals surface area contributed by atoms with Crippen LogP contribution in [0.3, 0.4) is 0 Å². The number of hydrogen-bond acceptors (Lipinski definition) is 7. The van der Waals surface area contributed by atoms with Crippen LogP contribution in [0.25, 0.3) is 10.8 Å². The average molecular weight is 652 g/mol. The van der Waals surface area contributed by atoms with Gasteiger partial charge in [-0.15, -0.1) is 13.2 Å². The molecule has 1 spiro atoms. The van der Waals surface area contributed by atoms with Gasteiger partial charge in [-0.3, -0.25) is 19.2 Å². The SMILES string of the molecule is C=CCCC(=O)NC[C@@H](OC(=O)[C@@H]1[C@@H]2CC[C@]3(O2)[C@H](C(=O)N(CC=C)c2ccc4ccccc4c2)N(CCO)C(=O)[C@@H]13)c1ccccc1. The number of nitrogens with one attached hydrogen (secondary N) is 1. The summed E-state index contributed by atoms with van der Waals surface area (Å²) in [4.78, 5) is 58.3. The maximum absolute atomic E-state index is 14.7. The molecule has 3 saturated heterocycles. The van der Waals surface area contributed by atoms with Crippen molar-refractivity contribution >= 4 is 40.2 Å². The first kappa shape index (κ1) is 33.1. The van der Waals surface area contributed by atoms with Gasteiger partial charge in [0.05, 0.1) is 31.1 Å². The minimum Gasteiger partial charge on any atom is -0.455 e. The summed E-state index contributed by atoms with van der Waals surface area (Å²) in [5, 5.41) is 14.8. The highest BCUT2D eigenvalue weighted by atomic mass is 16.6. The van der Waals surface area contributed by atoms with Crippen molar-refractivity contribution in [3.63, 3.8) is 0 Å². The normalized spacial score (nSPS) is 24.6. The quantitative estimate of drug-likeness (QED) is 0.199. The molecule has 6 rings (SSSR count). The predicted molar refractivity (Wildman–Crippen MR) is 181 cm³/mol. The second-order valence-corrected chi connectivity index (χ2v) is 12.5. The molecule has 3 aromatic rings. The Bertz CT molecular complexity index is 1710. The number of nitrogens with zero attached hydrogens (tertiary/aromatic N) is 2. The fourth-order valence-electron chi connectivity index (χ4n) is 7.63. The van der Waals surface area contributed by atoms with E-state index in [0.717, 1.165) is 10.8 Å². The van der Waals surface area contributed by atoms with E-state index in [2.05, 4.69) is 18.5 Å². The van der Waals surface area contributed by atoms with Crippen molar-refractivity contribution in [3.8, 4) is 0 Å². The molecule has 3 heterocycles. The molecule has 3 aromatic carbocycles. The third-order valence-electron chi connectivity index (χ3n) is 9.76. The summed E-state index contributed by atoms with van der Waals surface area (Å²) in [6.45, 7) is 7.30. The lowest BCUT2D eigenvalue weighted by Gasteiger charge is -2.36. The van der Waals surface area contributed by atoms with Gasteiger partial charge in [-0.1, -0.05) is 72.8 Å². The number of aliphatic hydroxyl groups excluding tert-OH is 1. The van der Waals surface area contributed by atoms with Crippen LogP contribution in [0.4, 0.5) is 5.69 Å². The van der Waals surface area contributed by atoms with Crippen molar-refractivity contribution < 1.29 is 33.8 Å². The van der Waals surface area contributed by atoms with Crippen LogP contribution in [0.2, 0.25) is 0 Å². The van der Waals surface area contributed by atoms with Crippen molar-refractivity contribution in [1.29, 1.82) is 0 Å². The van der Waals surface area contributed by atoms with Gasteiger partial charge in [-0.25, -0.2) is 0 Å². The van der Waals surface area contributed by atoms with Crippen molar-refractivity contribution in [1.82, 2.24) is 10.2 Å². The van der Waals surface area contributed by atoms with Crippen molar-refractivity contribution in [2.45, 2.75) is 49.5 Å². The zero-order valence-corrected chi connectivity index (χ0v) is 26.8. The van der Waals surface area contributed by atoms with Crippen LogP contribution in [0, 0.1) is 11.8 Å². The Morgan fingerprint density at radius 2 is 1.81 bits per heavy atom. The number of esters is 1. The van der Waals surface area contributed by atoms with Gasteiger partial charge in [0.1, 0.15) is 17.7 Å². The predicted octanol–water partition coefficient (Wildman–Crippen LogP) is 4.09. The smallest absolute Gasteiger partial charge is 0.313 e. The number of aliphatic hydroxyl groups is 1. The maximum atomic E-state index is 14.7. The van der Waals surface area contributed by atoms with E-state index in [1.54, 1.807) is 17.1 Å². The molecular formula is C38H41N3O7. The van der Waals surface area contributed by atoms with Gasteiger partial charge in [0, 0.05) is 25.2 Å². The van der Waals surface area contributed by atoms with Crippen LogP contribution in [-0.4, -0.2) is 77.7 Å². The number of rotatable bonds is 14. The number of β-amino-alcohol motifs (C(OH)–C–C–N with tert-alkyl or cyclic N) is 1. The van der Waals surface area contributed by atoms with Crippen molar-refractivity contribution in [2.75, 3.05) is 31.1 Å². The Hall–Kier alpha value is -4.80. The first-order valence-electron chi connectivity index (χ1n) is 16.5. The second-order valence-electron chi connectivity index (χ2n) is 12.5. The number of carbonyl (C=O) groups is 4. The minimum atomic E-state index is -1.27. The Balaban J connectivity index is 1.29. The lowest BCUT2D eigenvalue weighted by Crippen LogP contribution is -2.56. The molecule has 0 unspecified atom stereocenters. The molecule has 0 radical (unpaired) electrons. The molecular weight excluding hydrogens is 610 g/mol. The highest BCUT2D eigenvalue weighted by Crippen LogP contribution is 2.59. The molecule has 3 amide bonds. The molecule has 2 N–H and O–H groups in total. The lowest BCUT2D eigenvalue weighted by molar-refractivity contribution is -0.160. The number of hydrogen-bond donors (Lipinski definition) is 2. The van der Waals surface area contributed by atoms with Gasteiger partial charge in [0.15, 0.2) is 0 Å². The summed E-state index contributed by atoms with van der Waals surface area (Å²) < 4.78 is 12.7. The van der Waals surface area contributed by atoms with Crippen LogP contribution in [0.1, 0.15) is 37.4 Å². The summed E-state index contributed by atoms with van der Waals surface area (Å²) in [5.41, 5.74) is 0.0609. The minimum absolute atomic E-state index is 0.0494. The first-order chi connectivity index (χ1) is 23.3. The number of amides is 3. The highest BCUT2D eigenvalue weighted by molar-refractivity contribution is 6.05. The fourth-order valence-corrected chi connectivity index (χ4v) is 7.63. The van der Waals surface area contributed by atoms with E-state index in [0.29, 0.717) is 30.5 Å². The van der Waals surface area contributed by atoms with Crippen LogP contribution in [-0.2, 0) is 28.7 Å². The fraction of sp³-hybridized carbons (Fsp3) is 0.368. The molecule has 10 heteroatoms. The number of fused-ring (bicyclic) bond motifs is 2. The average Bonchev–Trinajstić information content (AvgIpc) is 3.75. The number of likely N-dealkylation sites (tertiary alicyclic amines) is 1. The van der Waals surface area contributed by atoms with Gasteiger partial charge >= 0.3 is 5.97 Å². The van der Waals surface area contributed by atoms with Gasteiger partial charge in [-0.2, -0.15) is 0 Å². The van der Waals surface area contributed by atoms with Gasteiger partial charge in [0.2, 0.25) is 11.8 Å². The van der Waals surface area contributed by atoms with E-state index in [-0.39, 0.29) is 44.5 Å². The summed E-state index contributed by atoms with van der Waals surface area (Å²) in [5.74, 6) is -3.53. The zero-order valence-electron chi connectivity index (χ0n) is 26.8. The molecule has 250 valence electrons. The van der Waals surface area contributed by atoms with Gasteiger partial charge < -0.3 is 29.7 Å². The van der Waals surface area contributed by atoms with Crippen LogP contribution in [0.15, 0.2) is 98.1 Å². The van der Waals surface area contributed by atoms with E-state index >= 15 is 0 Å². The molecule has 0 aliphatic carbocycles. The Morgan fingerprint density at radius 1 is 1.06 bits per heavy atom. The highest BCUT2D eigenvalue weighted by Gasteiger charge is 2.75. The van der Waals surface area contributed by atoms with E-state index in [9.17, 15) is 24.3 Å².